The second-order valence-electron chi connectivity index (χ2n) is 0.600. The van der Waals surface area contributed by atoms with Gasteiger partial charge in [0.15, 0.2) is 0 Å². The van der Waals surface area contributed by atoms with Crippen LogP contribution in [0.4, 0.5) is 0 Å². The third-order valence-electron chi connectivity index (χ3n) is 0. The molecule has 4 N–H and O–H groups in total. The summed E-state index contributed by atoms with van der Waals surface area (Å²) in [5, 5.41) is 0. The van der Waals surface area contributed by atoms with E-state index < -0.39 is 9.05 Å². The molecule has 0 aromatic heterocycles. The molecule has 5 nitrogen and oxygen atoms in total. The van der Waals surface area contributed by atoms with Gasteiger partial charge in [0, 0.05) is 38.9 Å². The van der Waals surface area contributed by atoms with Crippen molar-refractivity contribution in [1.29, 1.82) is 0 Å². The SMILES string of the molecule is O[Si](O)(O)O.[N].[Y]. The smallest absolute Gasteiger partial charge is 0.368 e. The van der Waals surface area contributed by atoms with Crippen LogP contribution in [0.1, 0.15) is 0 Å². The Labute approximate surface area is 66.9 Å². The van der Waals surface area contributed by atoms with E-state index in [0.717, 1.165) is 0 Å². The fourth-order valence-electron chi connectivity index (χ4n) is 0. The van der Waals surface area contributed by atoms with E-state index in [9.17, 15) is 0 Å². The largest absolute Gasteiger partial charge is 0.668 e. The number of hydrogen-bond acceptors (Lipinski definition) is 4. The number of nitrogens with zero attached hydrogens (tertiary/aromatic N) is 1. The molecule has 0 atom stereocenters. The van der Waals surface area contributed by atoms with Crippen molar-refractivity contribution in [2.24, 2.45) is 0 Å². The Kier molecular flexibility index (Phi) is 11.8. The Bertz CT molecular complexity index is 27.2. The average molecular weight is 199 g/mol. The maximum Gasteiger partial charge on any atom is 0.668 e. The van der Waals surface area contributed by atoms with Crippen molar-refractivity contribution in [3.8, 4) is 0 Å². The van der Waals surface area contributed by atoms with Crippen molar-refractivity contribution in [2.75, 3.05) is 0 Å². The molecular weight excluding hydrogens is 195 g/mol. The molecule has 0 heterocycles. The van der Waals surface area contributed by atoms with Gasteiger partial charge in [-0.15, -0.1) is 0 Å². The fraction of sp³-hybridized carbons (Fsp3) is 0. The van der Waals surface area contributed by atoms with E-state index in [2.05, 4.69) is 0 Å². The fourth-order valence-corrected chi connectivity index (χ4v) is 0. The number of rotatable bonds is 0. The van der Waals surface area contributed by atoms with Gasteiger partial charge in [0.05, 0.1) is 0 Å². The summed E-state index contributed by atoms with van der Waals surface area (Å²) < 4.78 is 0. The third kappa shape index (κ3) is 149. The van der Waals surface area contributed by atoms with Gasteiger partial charge in [-0.25, -0.2) is 0 Å². The summed E-state index contributed by atoms with van der Waals surface area (Å²) in [7, 11) is -4.61. The summed E-state index contributed by atoms with van der Waals surface area (Å²) in [5.74, 6) is 0. The van der Waals surface area contributed by atoms with Gasteiger partial charge in [-0.3, -0.25) is 0 Å². The Hall–Kier alpha value is 1.12. The van der Waals surface area contributed by atoms with E-state index in [4.69, 9.17) is 19.2 Å². The molecule has 0 spiro atoms. The first-order chi connectivity index (χ1) is 2.00. The van der Waals surface area contributed by atoms with Crippen molar-refractivity contribution >= 4 is 9.05 Å². The van der Waals surface area contributed by atoms with Gasteiger partial charge in [0.1, 0.15) is 0 Å². The van der Waals surface area contributed by atoms with Crippen LogP contribution in [0.5, 0.6) is 0 Å². The van der Waals surface area contributed by atoms with Crippen LogP contribution in [0, 0.1) is 0 Å². The van der Waals surface area contributed by atoms with E-state index in [1.807, 2.05) is 0 Å². The predicted octanol–water partition coefficient (Wildman–Crippen LogP) is -3.09. The van der Waals surface area contributed by atoms with Crippen LogP contribution < -0.4 is 6.15 Å². The van der Waals surface area contributed by atoms with Gasteiger partial charge < -0.3 is 19.2 Å². The minimum Gasteiger partial charge on any atom is -0.368 e. The molecule has 0 amide bonds. The van der Waals surface area contributed by atoms with Gasteiger partial charge in [0.2, 0.25) is 0 Å². The van der Waals surface area contributed by atoms with Crippen molar-refractivity contribution in [3.05, 3.63) is 0 Å². The van der Waals surface area contributed by atoms with Crippen LogP contribution in [0.3, 0.4) is 0 Å². The normalized spacial score (nSPS) is 8.57. The van der Waals surface area contributed by atoms with Crippen LogP contribution >= 0.6 is 0 Å². The quantitative estimate of drug-likeness (QED) is 0.310. The minimum absolute atomic E-state index is 0. The summed E-state index contributed by atoms with van der Waals surface area (Å²) >= 11 is 0. The Morgan fingerprint density at radius 3 is 0.857 bits per heavy atom. The molecule has 0 aromatic rings. The Balaban J connectivity index is -0.0000000800. The Morgan fingerprint density at radius 2 is 0.857 bits per heavy atom. The molecule has 0 rings (SSSR count). The molecule has 0 bridgehead atoms. The minimum atomic E-state index is -4.61. The second-order valence-corrected chi connectivity index (χ2v) is 1.80. The standard InChI is InChI=1S/N.H4O4Si.Y/c;1-5(2,3)4;/h;1-4H;. The molecule has 7 heavy (non-hydrogen) atoms. The average Bonchev–Trinajstić information content (AvgIpc) is 0.722. The van der Waals surface area contributed by atoms with Gasteiger partial charge >= 0.3 is 9.05 Å². The van der Waals surface area contributed by atoms with E-state index in [0.29, 0.717) is 0 Å². The molecular formula is H4NO4SiY. The van der Waals surface area contributed by atoms with Crippen molar-refractivity contribution in [3.63, 3.8) is 0 Å². The summed E-state index contributed by atoms with van der Waals surface area (Å²) in [6.07, 6.45) is 0. The first kappa shape index (κ1) is 15.7. The zero-order chi connectivity index (χ0) is 4.50. The summed E-state index contributed by atoms with van der Waals surface area (Å²) in [4.78, 5) is 29.3. The molecule has 0 saturated carbocycles. The molecule has 0 unspecified atom stereocenters. The summed E-state index contributed by atoms with van der Waals surface area (Å²) in [5.41, 5.74) is 0. The molecule has 0 aliphatic rings. The maximum absolute atomic E-state index is 7.33. The van der Waals surface area contributed by atoms with E-state index >= 15 is 0 Å². The zero-order valence-corrected chi connectivity index (χ0v) is 7.15. The van der Waals surface area contributed by atoms with E-state index in [1.165, 1.54) is 0 Å². The van der Waals surface area contributed by atoms with Crippen molar-refractivity contribution in [1.82, 2.24) is 6.15 Å². The second kappa shape index (κ2) is 5.26. The topological polar surface area (TPSA) is 111 Å². The van der Waals surface area contributed by atoms with E-state index in [-0.39, 0.29) is 38.9 Å². The summed E-state index contributed by atoms with van der Waals surface area (Å²) in [6.45, 7) is 0. The monoisotopic (exact) mass is 199 g/mol. The molecule has 0 aliphatic heterocycles. The number of hydrogen-bond donors (Lipinski definition) is 4. The summed E-state index contributed by atoms with van der Waals surface area (Å²) in [6, 6.07) is 0. The van der Waals surface area contributed by atoms with Crippen molar-refractivity contribution in [2.45, 2.75) is 0 Å². The third-order valence-corrected chi connectivity index (χ3v) is 0. The van der Waals surface area contributed by atoms with E-state index in [1.54, 1.807) is 0 Å². The first-order valence-corrected chi connectivity index (χ1v) is 2.68. The van der Waals surface area contributed by atoms with Crippen LogP contribution in [0.2, 0.25) is 0 Å². The molecule has 4 radical (unpaired) electrons. The van der Waals surface area contributed by atoms with Crippen molar-refractivity contribution < 1.29 is 51.9 Å². The Morgan fingerprint density at radius 1 is 0.857 bits per heavy atom. The predicted molar refractivity (Wildman–Crippen MR) is 16.8 cm³/mol. The van der Waals surface area contributed by atoms with Gasteiger partial charge in [0.25, 0.3) is 0 Å². The van der Waals surface area contributed by atoms with Gasteiger partial charge in [-0.05, 0) is 0 Å². The van der Waals surface area contributed by atoms with Crippen LogP contribution in [0.15, 0.2) is 0 Å². The van der Waals surface area contributed by atoms with Gasteiger partial charge in [-0.2, -0.15) is 0 Å². The van der Waals surface area contributed by atoms with Gasteiger partial charge in [-0.1, -0.05) is 0 Å². The molecule has 7 heteroatoms. The molecule has 40 valence electrons. The first-order valence-electron chi connectivity index (χ1n) is 0.894. The van der Waals surface area contributed by atoms with Crippen LogP contribution in [-0.2, 0) is 32.7 Å². The molecule has 0 aromatic carbocycles. The molecule has 0 saturated heterocycles. The van der Waals surface area contributed by atoms with Crippen LogP contribution in [0.25, 0.3) is 0 Å². The van der Waals surface area contributed by atoms with Crippen LogP contribution in [-0.4, -0.2) is 28.2 Å². The molecule has 0 aliphatic carbocycles. The zero-order valence-electron chi connectivity index (χ0n) is 3.31. The maximum atomic E-state index is 7.33. The molecule has 0 fully saturated rings.